The Morgan fingerprint density at radius 3 is 2.09 bits per heavy atom. The van der Waals surface area contributed by atoms with Gasteiger partial charge in [0.05, 0.1) is 11.7 Å². The van der Waals surface area contributed by atoms with Crippen LogP contribution < -0.4 is 0 Å². The van der Waals surface area contributed by atoms with Gasteiger partial charge in [0.2, 0.25) is 0 Å². The van der Waals surface area contributed by atoms with Gasteiger partial charge in [-0.3, -0.25) is 0 Å². The van der Waals surface area contributed by atoms with Gasteiger partial charge in [0, 0.05) is 5.92 Å². The maximum Gasteiger partial charge on any atom is 0.0686 e. The number of hydrogen-bond acceptors (Lipinski definition) is 1. The number of hydrogen-bond donors (Lipinski definition) is 0. The Labute approximate surface area is 71.1 Å². The molecule has 0 aliphatic carbocycles. The van der Waals surface area contributed by atoms with Crippen molar-refractivity contribution in [1.29, 1.82) is 0 Å². The van der Waals surface area contributed by atoms with Gasteiger partial charge in [-0.05, 0) is 27.2 Å². The lowest BCUT2D eigenvalue weighted by molar-refractivity contribution is -0.0536. The summed E-state index contributed by atoms with van der Waals surface area (Å²) < 4.78 is 5.81. The molecule has 0 bridgehead atoms. The summed E-state index contributed by atoms with van der Waals surface area (Å²) >= 11 is 0. The van der Waals surface area contributed by atoms with Crippen LogP contribution in [0.15, 0.2) is 0 Å². The maximum atomic E-state index is 5.81. The molecule has 1 nitrogen and oxygen atoms in total. The van der Waals surface area contributed by atoms with Crippen molar-refractivity contribution in [3.05, 3.63) is 5.92 Å². The highest BCUT2D eigenvalue weighted by atomic mass is 16.5. The first kappa shape index (κ1) is 11.0. The van der Waals surface area contributed by atoms with Crippen LogP contribution in [-0.2, 0) is 4.74 Å². The number of ether oxygens (including phenoxy) is 1. The topological polar surface area (TPSA) is 9.23 Å². The van der Waals surface area contributed by atoms with E-state index in [9.17, 15) is 0 Å². The molecule has 0 aromatic rings. The lowest BCUT2D eigenvalue weighted by Crippen LogP contribution is -2.33. The summed E-state index contributed by atoms with van der Waals surface area (Å²) in [5, 5.41) is 0. The Hall–Kier alpha value is -0.0400. The Kier molecular flexibility index (Phi) is 4.09. The van der Waals surface area contributed by atoms with Gasteiger partial charge in [-0.1, -0.05) is 20.8 Å². The van der Waals surface area contributed by atoms with Crippen LogP contribution in [0.5, 0.6) is 0 Å². The van der Waals surface area contributed by atoms with Gasteiger partial charge in [-0.25, -0.2) is 0 Å². The van der Waals surface area contributed by atoms with Crippen LogP contribution in [0, 0.1) is 5.92 Å². The molecular weight excluding hydrogens is 136 g/mol. The summed E-state index contributed by atoms with van der Waals surface area (Å²) in [5.41, 5.74) is -0.0601. The van der Waals surface area contributed by atoms with Crippen molar-refractivity contribution < 1.29 is 4.74 Å². The third-order valence-electron chi connectivity index (χ3n) is 2.27. The van der Waals surface area contributed by atoms with E-state index in [-0.39, 0.29) is 5.60 Å². The van der Waals surface area contributed by atoms with Gasteiger partial charge in [-0.2, -0.15) is 0 Å². The van der Waals surface area contributed by atoms with Crippen molar-refractivity contribution in [2.24, 2.45) is 0 Å². The van der Waals surface area contributed by atoms with Crippen LogP contribution in [0.2, 0.25) is 0 Å². The molecule has 67 valence electrons. The minimum Gasteiger partial charge on any atom is -0.372 e. The molecular formula is C10H21O. The van der Waals surface area contributed by atoms with Gasteiger partial charge < -0.3 is 4.74 Å². The molecule has 0 amide bonds. The second-order valence-corrected chi connectivity index (χ2v) is 3.85. The Morgan fingerprint density at radius 2 is 1.82 bits per heavy atom. The van der Waals surface area contributed by atoms with Gasteiger partial charge >= 0.3 is 0 Å². The molecule has 1 radical (unpaired) electrons. The SMILES string of the molecule is CCC(C)OC(C)(C)[C](C)C. The summed E-state index contributed by atoms with van der Waals surface area (Å²) in [4.78, 5) is 0. The fourth-order valence-corrected chi connectivity index (χ4v) is 0.704. The third kappa shape index (κ3) is 3.76. The summed E-state index contributed by atoms with van der Waals surface area (Å²) in [6, 6.07) is 0. The van der Waals surface area contributed by atoms with Crippen molar-refractivity contribution >= 4 is 0 Å². The van der Waals surface area contributed by atoms with E-state index < -0.39 is 0 Å². The van der Waals surface area contributed by atoms with E-state index in [1.54, 1.807) is 0 Å². The molecule has 11 heavy (non-hydrogen) atoms. The summed E-state index contributed by atoms with van der Waals surface area (Å²) in [5.74, 6) is 1.33. The molecule has 0 aliphatic rings. The van der Waals surface area contributed by atoms with Crippen LogP contribution in [0.4, 0.5) is 0 Å². The molecule has 1 heteroatoms. The van der Waals surface area contributed by atoms with E-state index in [2.05, 4.69) is 41.5 Å². The maximum absolute atomic E-state index is 5.81. The lowest BCUT2D eigenvalue weighted by atomic mass is 9.94. The van der Waals surface area contributed by atoms with Crippen LogP contribution in [0.3, 0.4) is 0 Å². The van der Waals surface area contributed by atoms with Crippen molar-refractivity contribution in [3.63, 3.8) is 0 Å². The second kappa shape index (κ2) is 4.10. The van der Waals surface area contributed by atoms with Gasteiger partial charge in [0.1, 0.15) is 0 Å². The molecule has 0 N–H and O–H groups in total. The normalized spacial score (nSPS) is 15.5. The summed E-state index contributed by atoms with van der Waals surface area (Å²) in [6.45, 7) is 12.7. The van der Waals surface area contributed by atoms with Crippen LogP contribution in [0.1, 0.15) is 48.0 Å². The van der Waals surface area contributed by atoms with Gasteiger partial charge in [-0.15, -0.1) is 0 Å². The smallest absolute Gasteiger partial charge is 0.0686 e. The van der Waals surface area contributed by atoms with E-state index in [4.69, 9.17) is 4.74 Å². The molecule has 0 saturated carbocycles. The Morgan fingerprint density at radius 1 is 1.36 bits per heavy atom. The predicted molar refractivity (Wildman–Crippen MR) is 49.5 cm³/mol. The lowest BCUT2D eigenvalue weighted by Gasteiger charge is -2.32. The molecule has 0 rings (SSSR count). The molecule has 0 aliphatic heterocycles. The van der Waals surface area contributed by atoms with Crippen molar-refractivity contribution in [2.45, 2.75) is 59.7 Å². The first-order valence-corrected chi connectivity index (χ1v) is 4.38. The predicted octanol–water partition coefficient (Wildman–Crippen LogP) is 3.19. The first-order valence-electron chi connectivity index (χ1n) is 4.38. The van der Waals surface area contributed by atoms with Gasteiger partial charge in [0.25, 0.3) is 0 Å². The van der Waals surface area contributed by atoms with E-state index >= 15 is 0 Å². The highest BCUT2D eigenvalue weighted by Gasteiger charge is 2.25. The standard InChI is InChI=1S/C10H21O/c1-7-9(4)11-10(5,6)8(2)3/h9H,7H2,1-6H3. The monoisotopic (exact) mass is 157 g/mol. The highest BCUT2D eigenvalue weighted by Crippen LogP contribution is 2.24. The molecule has 0 aromatic carbocycles. The zero-order valence-electron chi connectivity index (χ0n) is 8.69. The first-order chi connectivity index (χ1) is 4.90. The quantitative estimate of drug-likeness (QED) is 0.609. The van der Waals surface area contributed by atoms with E-state index in [1.165, 1.54) is 5.92 Å². The summed E-state index contributed by atoms with van der Waals surface area (Å²) in [6.07, 6.45) is 1.44. The van der Waals surface area contributed by atoms with Crippen LogP contribution in [-0.4, -0.2) is 11.7 Å². The van der Waals surface area contributed by atoms with Crippen LogP contribution >= 0.6 is 0 Å². The van der Waals surface area contributed by atoms with E-state index in [0.29, 0.717) is 6.10 Å². The van der Waals surface area contributed by atoms with Crippen molar-refractivity contribution in [3.8, 4) is 0 Å². The molecule has 0 aromatic heterocycles. The average Bonchev–Trinajstić information content (AvgIpc) is 1.86. The minimum absolute atomic E-state index is 0.0601. The number of rotatable bonds is 4. The largest absolute Gasteiger partial charge is 0.372 e. The molecule has 0 fully saturated rings. The van der Waals surface area contributed by atoms with Crippen molar-refractivity contribution in [1.82, 2.24) is 0 Å². The molecule has 0 spiro atoms. The zero-order chi connectivity index (χ0) is 9.07. The Bertz CT molecular complexity index is 105. The molecule has 0 heterocycles. The van der Waals surface area contributed by atoms with Crippen LogP contribution in [0.25, 0.3) is 0 Å². The molecule has 0 saturated heterocycles. The molecule has 1 atom stereocenters. The third-order valence-corrected chi connectivity index (χ3v) is 2.27. The Balaban J connectivity index is 3.90. The minimum atomic E-state index is -0.0601. The van der Waals surface area contributed by atoms with Crippen molar-refractivity contribution in [2.75, 3.05) is 0 Å². The van der Waals surface area contributed by atoms with E-state index in [0.717, 1.165) is 6.42 Å². The molecule has 1 unspecified atom stereocenters. The average molecular weight is 157 g/mol. The summed E-state index contributed by atoms with van der Waals surface area (Å²) in [7, 11) is 0. The second-order valence-electron chi connectivity index (χ2n) is 3.85. The fourth-order valence-electron chi connectivity index (χ4n) is 0.704. The fraction of sp³-hybridized carbons (Fsp3) is 0.900. The van der Waals surface area contributed by atoms with Gasteiger partial charge in [0.15, 0.2) is 0 Å². The highest BCUT2D eigenvalue weighted by molar-refractivity contribution is 4.97. The van der Waals surface area contributed by atoms with E-state index in [1.807, 2.05) is 0 Å². The zero-order valence-corrected chi connectivity index (χ0v) is 8.69.